The van der Waals surface area contributed by atoms with Crippen LogP contribution in [0.3, 0.4) is 0 Å². The van der Waals surface area contributed by atoms with E-state index < -0.39 is 29.9 Å². The number of benzene rings is 2. The molecule has 0 heterocycles. The Kier molecular flexibility index (Phi) is 23.8. The molecule has 0 saturated carbocycles. The van der Waals surface area contributed by atoms with Gasteiger partial charge in [-0.25, -0.2) is 18.6 Å². The van der Waals surface area contributed by atoms with Crippen molar-refractivity contribution in [1.82, 2.24) is 0 Å². The summed E-state index contributed by atoms with van der Waals surface area (Å²) in [7, 11) is -2.76. The van der Waals surface area contributed by atoms with Crippen molar-refractivity contribution in [1.29, 1.82) is 0 Å². The molecule has 0 aliphatic heterocycles. The van der Waals surface area contributed by atoms with E-state index in [1.165, 1.54) is 89.9 Å². The molecule has 352 valence electrons. The number of ether oxygens (including phenoxy) is 2. The predicted octanol–water partition coefficient (Wildman–Crippen LogP) is 17.1. The number of rotatable bonds is 28. The van der Waals surface area contributed by atoms with Crippen molar-refractivity contribution in [3.05, 3.63) is 57.6 Å². The summed E-state index contributed by atoms with van der Waals surface area (Å²) in [6, 6.07) is 7.30. The summed E-state index contributed by atoms with van der Waals surface area (Å²) < 4.78 is 38.8. The van der Waals surface area contributed by atoms with E-state index >= 15 is 0 Å². The number of hydrogen-bond donors (Lipinski definition) is 0. The molecule has 0 N–H and O–H groups in total. The lowest BCUT2D eigenvalue weighted by atomic mass is 9.78. The molecule has 0 bridgehead atoms. The third-order valence-corrected chi connectivity index (χ3v) is 12.3. The molecule has 0 spiro atoms. The normalized spacial score (nSPS) is 12.4. The van der Waals surface area contributed by atoms with Gasteiger partial charge in [0.2, 0.25) is 0 Å². The lowest BCUT2D eigenvalue weighted by Crippen LogP contribution is -2.22. The molecule has 0 saturated heterocycles. The molecule has 0 atom stereocenters. The Balaban J connectivity index is 2.28. The van der Waals surface area contributed by atoms with Crippen molar-refractivity contribution in [2.75, 3.05) is 13.2 Å². The Morgan fingerprint density at radius 1 is 0.403 bits per heavy atom. The van der Waals surface area contributed by atoms with Crippen molar-refractivity contribution in [3.63, 3.8) is 0 Å². The molecule has 0 aliphatic carbocycles. The first-order valence-corrected chi connectivity index (χ1v) is 25.7. The molecule has 2 aromatic rings. The molecule has 7 nitrogen and oxygen atoms in total. The van der Waals surface area contributed by atoms with E-state index in [9.17, 15) is 14.2 Å². The van der Waals surface area contributed by atoms with Crippen LogP contribution in [-0.2, 0) is 35.7 Å². The van der Waals surface area contributed by atoms with Gasteiger partial charge in [-0.05, 0) is 58.8 Å². The van der Waals surface area contributed by atoms with Crippen LogP contribution in [0.25, 0.3) is 0 Å². The van der Waals surface area contributed by atoms with Gasteiger partial charge in [-0.15, -0.1) is 0 Å². The minimum absolute atomic E-state index is 0.365. The minimum Gasteiger partial charge on any atom is -0.462 e. The summed E-state index contributed by atoms with van der Waals surface area (Å²) in [5.74, 6) is 0.157. The van der Waals surface area contributed by atoms with Crippen LogP contribution in [0.1, 0.15) is 268 Å². The van der Waals surface area contributed by atoms with Crippen LogP contribution in [0, 0.1) is 0 Å². The quantitative estimate of drug-likeness (QED) is 0.0478. The van der Waals surface area contributed by atoms with Gasteiger partial charge in [-0.1, -0.05) is 213 Å². The topological polar surface area (TPSA) is 88.1 Å². The maximum Gasteiger partial charge on any atom is 0.805 e. The Hall–Kier alpha value is -2.92. The average Bonchev–Trinajstić information content (AvgIpc) is 3.17. The van der Waals surface area contributed by atoms with E-state index in [-0.39, 0.29) is 11.9 Å². The van der Waals surface area contributed by atoms with Crippen LogP contribution in [0.4, 0.5) is 0 Å². The van der Waals surface area contributed by atoms with Gasteiger partial charge < -0.3 is 9.47 Å². The molecule has 2 rings (SSSR count). The van der Waals surface area contributed by atoms with Crippen molar-refractivity contribution in [3.8, 4) is 11.5 Å². The Bertz CT molecular complexity index is 1470. The third kappa shape index (κ3) is 19.9. The van der Waals surface area contributed by atoms with Gasteiger partial charge >= 0.3 is 20.2 Å². The molecular weight excluding hydrogens is 792 g/mol. The summed E-state index contributed by atoms with van der Waals surface area (Å²) >= 11 is 0. The summed E-state index contributed by atoms with van der Waals surface area (Å²) in [5.41, 5.74) is 2.01. The van der Waals surface area contributed by atoms with Gasteiger partial charge in [0.05, 0.1) is 24.3 Å². The first-order valence-electron chi connectivity index (χ1n) is 24.6. The summed E-state index contributed by atoms with van der Waals surface area (Å²) in [4.78, 5) is 27.1. The Morgan fingerprint density at radius 2 is 0.629 bits per heavy atom. The minimum atomic E-state index is -2.76. The van der Waals surface area contributed by atoms with Crippen molar-refractivity contribution in [2.24, 2.45) is 0 Å². The number of carbonyl (C=O) groups excluding carboxylic acids is 2. The van der Waals surface area contributed by atoms with Crippen LogP contribution in [0.5, 0.6) is 11.5 Å². The third-order valence-electron chi connectivity index (χ3n) is 11.7. The van der Waals surface area contributed by atoms with Crippen LogP contribution in [0.15, 0.2) is 24.3 Å². The number of esters is 2. The zero-order valence-corrected chi connectivity index (χ0v) is 43.1. The van der Waals surface area contributed by atoms with Gasteiger partial charge in [0, 0.05) is 26.8 Å². The first kappa shape index (κ1) is 55.2. The molecule has 8 heteroatoms. The van der Waals surface area contributed by atoms with Crippen LogP contribution >= 0.6 is 8.25 Å². The Morgan fingerprint density at radius 3 is 0.855 bits per heavy atom. The molecule has 0 amide bonds. The van der Waals surface area contributed by atoms with E-state index in [0.717, 1.165) is 60.8 Å². The summed E-state index contributed by atoms with van der Waals surface area (Å²) in [6.45, 7) is 29.9. The fourth-order valence-electron chi connectivity index (χ4n) is 7.76. The number of carbonyl (C=O) groups is 2. The zero-order valence-electron chi connectivity index (χ0n) is 42.2. The molecular formula is C54H90O7P+. The second-order valence-corrected chi connectivity index (χ2v) is 22.7. The van der Waals surface area contributed by atoms with Gasteiger partial charge in [0.15, 0.2) is 11.5 Å². The molecule has 0 aromatic heterocycles. The molecule has 2 aromatic carbocycles. The van der Waals surface area contributed by atoms with Crippen molar-refractivity contribution >= 4 is 20.2 Å². The van der Waals surface area contributed by atoms with Gasteiger partial charge in [0.1, 0.15) is 0 Å². The fourth-order valence-corrected chi connectivity index (χ4v) is 8.49. The standard InChI is InChI=1S/C54H90O7P/c1-15-17-19-21-23-25-27-29-31-33-35-58-49(55)41-37-43(51(3,4)5)47(44(38-41)52(6,7)8)60-62(57)61-48-45(53(9,10)11)39-42(40-46(48)54(12,13)14)50(56)59-36-34-32-30-28-26-24-22-20-18-16-2/h37-40H,15-36H2,1-14H3/q+1. The second kappa shape index (κ2) is 26.8. The van der Waals surface area contributed by atoms with Crippen LogP contribution in [0.2, 0.25) is 0 Å². The lowest BCUT2D eigenvalue weighted by Gasteiger charge is -2.28. The largest absolute Gasteiger partial charge is 0.805 e. The zero-order chi connectivity index (χ0) is 46.6. The number of hydrogen-bond acceptors (Lipinski definition) is 7. The highest BCUT2D eigenvalue weighted by atomic mass is 31.1. The summed E-state index contributed by atoms with van der Waals surface area (Å²) in [6.07, 6.45) is 24.2. The lowest BCUT2D eigenvalue weighted by molar-refractivity contribution is 0.0488. The fraction of sp³-hybridized carbons (Fsp3) is 0.741. The van der Waals surface area contributed by atoms with E-state index in [4.69, 9.17) is 18.5 Å². The highest BCUT2D eigenvalue weighted by molar-refractivity contribution is 7.34. The monoisotopic (exact) mass is 882 g/mol. The molecule has 0 unspecified atom stereocenters. The van der Waals surface area contributed by atoms with E-state index in [1.807, 2.05) is 24.3 Å². The van der Waals surface area contributed by atoms with Crippen LogP contribution in [-0.4, -0.2) is 25.2 Å². The van der Waals surface area contributed by atoms with Gasteiger partial charge in [0.25, 0.3) is 0 Å². The Labute approximate surface area is 380 Å². The maximum atomic E-state index is 14.3. The molecule has 0 fully saturated rings. The van der Waals surface area contributed by atoms with Gasteiger partial charge in [-0.2, -0.15) is 0 Å². The van der Waals surface area contributed by atoms with Crippen molar-refractivity contribution < 1.29 is 32.7 Å². The van der Waals surface area contributed by atoms with E-state index in [0.29, 0.717) is 35.8 Å². The maximum absolute atomic E-state index is 14.3. The van der Waals surface area contributed by atoms with Crippen molar-refractivity contribution in [2.45, 2.75) is 247 Å². The molecule has 0 aliphatic rings. The van der Waals surface area contributed by atoms with Crippen LogP contribution < -0.4 is 9.05 Å². The molecule has 0 radical (unpaired) electrons. The summed E-state index contributed by atoms with van der Waals surface area (Å²) in [5, 5.41) is 0. The predicted molar refractivity (Wildman–Crippen MR) is 261 cm³/mol. The van der Waals surface area contributed by atoms with E-state index in [2.05, 4.69) is 96.9 Å². The second-order valence-electron chi connectivity index (χ2n) is 21.8. The highest BCUT2D eigenvalue weighted by Gasteiger charge is 2.39. The molecule has 62 heavy (non-hydrogen) atoms. The average molecular weight is 882 g/mol. The number of unbranched alkanes of at least 4 members (excludes halogenated alkanes) is 18. The van der Waals surface area contributed by atoms with Gasteiger partial charge in [-0.3, -0.25) is 0 Å². The first-order chi connectivity index (χ1) is 29.0. The highest BCUT2D eigenvalue weighted by Crippen LogP contribution is 2.48. The van der Waals surface area contributed by atoms with E-state index in [1.54, 1.807) is 0 Å². The SMILES string of the molecule is CCCCCCCCCCCCOC(=O)c1cc(C(C)(C)C)c(O[P+](=O)Oc2c(C(C)(C)C)cc(C(=O)OCCCCCCCCCCCC)cc2C(C)(C)C)c(C(C)(C)C)c1. The smallest absolute Gasteiger partial charge is 0.462 e.